The molecule has 0 bridgehead atoms. The molecule has 0 aliphatic carbocycles. The fourth-order valence-corrected chi connectivity index (χ4v) is 8.90. The van der Waals surface area contributed by atoms with Crippen molar-refractivity contribution in [2.24, 2.45) is 0 Å². The summed E-state index contributed by atoms with van der Waals surface area (Å²) < 4.78 is 10.9. The maximum Gasteiger partial charge on any atom is 0.188 e. The highest BCUT2D eigenvalue weighted by atomic mass is 16.3. The van der Waals surface area contributed by atoms with E-state index in [0.29, 0.717) is 40.0 Å². The predicted molar refractivity (Wildman–Crippen MR) is 245 cm³/mol. The third-order valence-electron chi connectivity index (χ3n) is 11.6. The van der Waals surface area contributed by atoms with Crippen LogP contribution >= 0.6 is 0 Å². The van der Waals surface area contributed by atoms with Gasteiger partial charge in [0.2, 0.25) is 0 Å². The summed E-state index contributed by atoms with van der Waals surface area (Å²) in [5, 5.41) is 6.50. The van der Waals surface area contributed by atoms with Crippen LogP contribution in [0.2, 0.25) is 0 Å². The first-order valence-electron chi connectivity index (χ1n) is 19.8. The maximum atomic E-state index is 8.11. The Morgan fingerprint density at radius 1 is 0.377 bits per heavy atom. The van der Waals surface area contributed by atoms with Crippen LogP contribution in [0.5, 0.6) is 0 Å². The summed E-state index contributed by atoms with van der Waals surface area (Å²) in [5.74, 6) is 1.26. The summed E-state index contributed by atoms with van der Waals surface area (Å²) in [7, 11) is 0. The molecule has 12 rings (SSSR count). The topological polar surface area (TPSA) is 70.4 Å². The van der Waals surface area contributed by atoms with Crippen LogP contribution in [0.25, 0.3) is 121 Å². The monoisotopic (exact) mass is 779 g/mol. The van der Waals surface area contributed by atoms with E-state index in [1.165, 1.54) is 0 Å². The van der Waals surface area contributed by atoms with Gasteiger partial charge in [0.25, 0.3) is 0 Å². The summed E-state index contributed by atoms with van der Waals surface area (Å²) in [4.78, 5) is 23.4. The van der Waals surface area contributed by atoms with Crippen molar-refractivity contribution < 1.29 is 4.42 Å². The SMILES string of the molecule is [C-]#[N+]c1ccc(-n2c3ccccc3c3ccccc32)c(-c2nc(-c3ccccc3)nc(-c3cc([N+]#[C-])ccc3-n3c4ccccc4c4cc5c(cc43)oc3ccccc35)n2)c1. The van der Waals surface area contributed by atoms with Crippen molar-refractivity contribution >= 4 is 76.9 Å². The number of rotatable bonds is 5. The number of para-hydroxylation sites is 4. The Labute approximate surface area is 348 Å². The van der Waals surface area contributed by atoms with Gasteiger partial charge in [-0.05, 0) is 54.6 Å². The van der Waals surface area contributed by atoms with E-state index in [4.69, 9.17) is 32.5 Å². The summed E-state index contributed by atoms with van der Waals surface area (Å²) in [6, 6.07) is 58.7. The molecule has 0 saturated heterocycles. The Morgan fingerprint density at radius 2 is 0.852 bits per heavy atom. The van der Waals surface area contributed by atoms with Crippen LogP contribution in [0.4, 0.5) is 11.4 Å². The third-order valence-corrected chi connectivity index (χ3v) is 11.6. The van der Waals surface area contributed by atoms with Gasteiger partial charge in [-0.2, -0.15) is 0 Å². The van der Waals surface area contributed by atoms with E-state index in [1.807, 2.05) is 103 Å². The largest absolute Gasteiger partial charge is 0.456 e. The summed E-state index contributed by atoms with van der Waals surface area (Å²) in [5.41, 5.74) is 10.3. The minimum Gasteiger partial charge on any atom is -0.456 e. The van der Waals surface area contributed by atoms with Gasteiger partial charge >= 0.3 is 0 Å². The minimum atomic E-state index is 0.390. The summed E-state index contributed by atoms with van der Waals surface area (Å²) in [6.45, 7) is 16.2. The first-order chi connectivity index (χ1) is 30.1. The molecule has 0 aliphatic heterocycles. The van der Waals surface area contributed by atoms with E-state index in [1.54, 1.807) is 0 Å². The van der Waals surface area contributed by atoms with Crippen LogP contribution in [0.1, 0.15) is 0 Å². The van der Waals surface area contributed by atoms with E-state index in [9.17, 15) is 0 Å². The molecular formula is C53H29N7O. The number of hydrogen-bond donors (Lipinski definition) is 0. The van der Waals surface area contributed by atoms with Gasteiger partial charge in [0.15, 0.2) is 28.8 Å². The molecule has 61 heavy (non-hydrogen) atoms. The van der Waals surface area contributed by atoms with Gasteiger partial charge in [-0.1, -0.05) is 115 Å². The van der Waals surface area contributed by atoms with Gasteiger partial charge < -0.3 is 13.6 Å². The molecule has 8 heteroatoms. The number of aromatic nitrogens is 5. The smallest absolute Gasteiger partial charge is 0.188 e. The molecule has 0 amide bonds. The molecule has 0 radical (unpaired) electrons. The Balaban J connectivity index is 1.16. The van der Waals surface area contributed by atoms with E-state index >= 15 is 0 Å². The van der Waals surface area contributed by atoms with Crippen LogP contribution in [-0.4, -0.2) is 24.1 Å². The second-order valence-electron chi connectivity index (χ2n) is 15.0. The molecule has 0 unspecified atom stereocenters. The zero-order valence-electron chi connectivity index (χ0n) is 32.3. The second-order valence-corrected chi connectivity index (χ2v) is 15.0. The fourth-order valence-electron chi connectivity index (χ4n) is 8.90. The first-order valence-corrected chi connectivity index (χ1v) is 19.8. The zero-order chi connectivity index (χ0) is 40.6. The summed E-state index contributed by atoms with van der Waals surface area (Å²) in [6.07, 6.45) is 0. The maximum absolute atomic E-state index is 8.11. The van der Waals surface area contributed by atoms with Crippen molar-refractivity contribution in [2.75, 3.05) is 0 Å². The molecule has 4 aromatic heterocycles. The fraction of sp³-hybridized carbons (Fsp3) is 0. The van der Waals surface area contributed by atoms with Crippen LogP contribution in [-0.2, 0) is 0 Å². The van der Waals surface area contributed by atoms with Crippen molar-refractivity contribution in [3.05, 3.63) is 199 Å². The first kappa shape index (κ1) is 34.2. The highest BCUT2D eigenvalue weighted by molar-refractivity contribution is 6.17. The average Bonchev–Trinajstić information content (AvgIpc) is 3.97. The number of nitrogens with zero attached hydrogens (tertiary/aromatic N) is 7. The van der Waals surface area contributed by atoms with Gasteiger partial charge in [0, 0.05) is 55.1 Å². The predicted octanol–water partition coefficient (Wildman–Crippen LogP) is 14.1. The van der Waals surface area contributed by atoms with Crippen molar-refractivity contribution in [3.63, 3.8) is 0 Å². The lowest BCUT2D eigenvalue weighted by atomic mass is 10.1. The van der Waals surface area contributed by atoms with Gasteiger partial charge in [-0.25, -0.2) is 24.6 Å². The minimum absolute atomic E-state index is 0.390. The Morgan fingerprint density at radius 3 is 1.43 bits per heavy atom. The number of benzene rings is 8. The quantitative estimate of drug-likeness (QED) is 0.163. The molecule has 282 valence electrons. The van der Waals surface area contributed by atoms with Gasteiger partial charge in [0.05, 0.1) is 46.6 Å². The molecule has 0 aliphatic rings. The number of furan rings is 1. The van der Waals surface area contributed by atoms with Crippen LogP contribution in [0.3, 0.4) is 0 Å². The Bertz CT molecular complexity index is 3810. The molecule has 8 aromatic carbocycles. The van der Waals surface area contributed by atoms with E-state index in [0.717, 1.165) is 82.5 Å². The Kier molecular flexibility index (Phi) is 7.49. The highest BCUT2D eigenvalue weighted by Gasteiger charge is 2.23. The highest BCUT2D eigenvalue weighted by Crippen LogP contribution is 2.42. The molecule has 0 atom stereocenters. The van der Waals surface area contributed by atoms with E-state index in [-0.39, 0.29) is 0 Å². The van der Waals surface area contributed by atoms with Gasteiger partial charge in [-0.15, -0.1) is 0 Å². The molecule has 4 heterocycles. The zero-order valence-corrected chi connectivity index (χ0v) is 32.3. The lowest BCUT2D eigenvalue weighted by Gasteiger charge is -2.17. The summed E-state index contributed by atoms with van der Waals surface area (Å²) >= 11 is 0. The van der Waals surface area contributed by atoms with Crippen LogP contribution < -0.4 is 0 Å². The molecule has 12 aromatic rings. The Hall–Kier alpha value is -8.85. The average molecular weight is 780 g/mol. The van der Waals surface area contributed by atoms with Crippen molar-refractivity contribution in [2.45, 2.75) is 0 Å². The van der Waals surface area contributed by atoms with Crippen LogP contribution in [0, 0.1) is 13.1 Å². The van der Waals surface area contributed by atoms with Gasteiger partial charge in [0.1, 0.15) is 11.2 Å². The van der Waals surface area contributed by atoms with E-state index in [2.05, 4.69) is 91.6 Å². The molecule has 8 nitrogen and oxygen atoms in total. The molecule has 0 saturated carbocycles. The number of fused-ring (bicyclic) bond motifs is 9. The van der Waals surface area contributed by atoms with Crippen molar-refractivity contribution in [1.29, 1.82) is 0 Å². The third kappa shape index (κ3) is 5.27. The van der Waals surface area contributed by atoms with Crippen molar-refractivity contribution in [1.82, 2.24) is 24.1 Å². The molecule has 0 spiro atoms. The standard InChI is InChI=1S/C53H29N7O/c1-54-33-24-26-46(59-43-20-10-6-16-35(43)36-17-7-11-21-44(36)59)41(28-33)52-56-51(32-14-4-3-5-15-32)57-53(58-52)42-29-34(55-2)25-27-47(42)60-45-22-12-8-18-37(45)39-30-40-38-19-9-13-23-49(38)61-50(40)31-48(39)60/h3-31H. The lowest BCUT2D eigenvalue weighted by Crippen LogP contribution is -2.05. The normalized spacial score (nSPS) is 11.6. The lowest BCUT2D eigenvalue weighted by molar-refractivity contribution is 0.669. The van der Waals surface area contributed by atoms with Gasteiger partial charge in [-0.3, -0.25) is 0 Å². The number of hydrogen-bond acceptors (Lipinski definition) is 4. The molecule has 0 N–H and O–H groups in total. The van der Waals surface area contributed by atoms with E-state index < -0.39 is 0 Å². The van der Waals surface area contributed by atoms with Crippen LogP contribution in [0.15, 0.2) is 180 Å². The second kappa shape index (κ2) is 13.4. The molecule has 0 fully saturated rings. The van der Waals surface area contributed by atoms with Crippen molar-refractivity contribution in [3.8, 4) is 45.5 Å². The molecular weight excluding hydrogens is 751 g/mol.